The largest absolute Gasteiger partial charge is 0.497 e. The first-order valence-corrected chi connectivity index (χ1v) is 8.59. The highest BCUT2D eigenvalue weighted by molar-refractivity contribution is 5.65. The summed E-state index contributed by atoms with van der Waals surface area (Å²) >= 11 is 0. The Balaban J connectivity index is 1.60. The molecule has 26 heavy (non-hydrogen) atoms. The molecule has 0 N–H and O–H groups in total. The molecule has 0 bridgehead atoms. The Bertz CT molecular complexity index is 922. The molecule has 0 aliphatic carbocycles. The average Bonchev–Trinajstić information content (AvgIpc) is 3.26. The van der Waals surface area contributed by atoms with Crippen molar-refractivity contribution in [1.82, 2.24) is 10.1 Å². The predicted molar refractivity (Wildman–Crippen MR) is 98.6 cm³/mol. The highest BCUT2D eigenvalue weighted by Crippen LogP contribution is 2.34. The molecule has 0 amide bonds. The van der Waals surface area contributed by atoms with Crippen molar-refractivity contribution in [3.63, 3.8) is 0 Å². The van der Waals surface area contributed by atoms with Gasteiger partial charge in [0.15, 0.2) is 0 Å². The molecular formula is C20H21N3O3. The minimum atomic E-state index is 0.401. The first-order chi connectivity index (χ1) is 12.7. The Labute approximate surface area is 152 Å². The minimum absolute atomic E-state index is 0.401. The number of hydrogen-bond donors (Lipinski definition) is 0. The van der Waals surface area contributed by atoms with Crippen LogP contribution in [-0.4, -0.2) is 30.4 Å². The zero-order valence-corrected chi connectivity index (χ0v) is 15.1. The van der Waals surface area contributed by atoms with Gasteiger partial charge in [0, 0.05) is 17.8 Å². The van der Waals surface area contributed by atoms with Crippen LogP contribution < -0.4 is 14.4 Å². The monoisotopic (exact) mass is 351 g/mol. The lowest BCUT2D eigenvalue weighted by molar-refractivity contribution is 0.373. The molecule has 0 spiro atoms. The molecular weight excluding hydrogens is 330 g/mol. The molecule has 2 heterocycles. The summed E-state index contributed by atoms with van der Waals surface area (Å²) in [5.41, 5.74) is 3.37. The number of methoxy groups -OCH3 is 2. The van der Waals surface area contributed by atoms with Crippen molar-refractivity contribution >= 4 is 5.69 Å². The lowest BCUT2D eigenvalue weighted by Crippen LogP contribution is -2.28. The second kappa shape index (κ2) is 6.71. The van der Waals surface area contributed by atoms with Crippen LogP contribution in [0.3, 0.4) is 0 Å². The van der Waals surface area contributed by atoms with Gasteiger partial charge < -0.3 is 18.9 Å². The highest BCUT2D eigenvalue weighted by atomic mass is 16.5. The summed E-state index contributed by atoms with van der Waals surface area (Å²) in [7, 11) is 3.23. The number of aromatic nitrogens is 2. The molecule has 1 unspecified atom stereocenters. The molecule has 134 valence electrons. The number of benzene rings is 2. The minimum Gasteiger partial charge on any atom is -0.497 e. The van der Waals surface area contributed by atoms with Crippen molar-refractivity contribution in [2.24, 2.45) is 0 Å². The number of nitrogens with zero attached hydrogens (tertiary/aromatic N) is 3. The van der Waals surface area contributed by atoms with E-state index in [1.807, 2.05) is 18.2 Å². The third kappa shape index (κ3) is 2.87. The summed E-state index contributed by atoms with van der Waals surface area (Å²) in [6, 6.07) is 14.4. The lowest BCUT2D eigenvalue weighted by atomic mass is 10.1. The smallest absolute Gasteiger partial charge is 0.246 e. The fraction of sp³-hybridized carbons (Fsp3) is 0.300. The van der Waals surface area contributed by atoms with Crippen molar-refractivity contribution in [1.29, 1.82) is 0 Å². The van der Waals surface area contributed by atoms with E-state index in [2.05, 4.69) is 46.2 Å². The van der Waals surface area contributed by atoms with E-state index in [-0.39, 0.29) is 0 Å². The number of ether oxygens (including phenoxy) is 2. The van der Waals surface area contributed by atoms with E-state index in [0.717, 1.165) is 17.7 Å². The van der Waals surface area contributed by atoms with Crippen LogP contribution >= 0.6 is 0 Å². The van der Waals surface area contributed by atoms with Crippen LogP contribution in [-0.2, 0) is 13.0 Å². The number of hydrogen-bond acceptors (Lipinski definition) is 6. The van der Waals surface area contributed by atoms with Crippen LogP contribution in [0.5, 0.6) is 11.5 Å². The SMILES string of the molecule is COc1ccc(-c2noc(CN3c4ccccc4CC3C)n2)c(OC)c1. The topological polar surface area (TPSA) is 60.6 Å². The average molecular weight is 351 g/mol. The van der Waals surface area contributed by atoms with E-state index in [0.29, 0.717) is 30.1 Å². The number of anilines is 1. The lowest BCUT2D eigenvalue weighted by Gasteiger charge is -2.22. The van der Waals surface area contributed by atoms with Crippen LogP contribution in [0.15, 0.2) is 47.0 Å². The molecule has 3 aromatic rings. The molecule has 6 nitrogen and oxygen atoms in total. The second-order valence-corrected chi connectivity index (χ2v) is 6.39. The third-order valence-electron chi connectivity index (χ3n) is 4.77. The molecule has 1 atom stereocenters. The van der Waals surface area contributed by atoms with Crippen LogP contribution in [0.25, 0.3) is 11.4 Å². The maximum absolute atomic E-state index is 5.51. The molecule has 6 heteroatoms. The summed E-state index contributed by atoms with van der Waals surface area (Å²) in [5, 5.41) is 4.14. The van der Waals surface area contributed by atoms with Crippen molar-refractivity contribution in [3.8, 4) is 22.9 Å². The number of fused-ring (bicyclic) bond motifs is 1. The van der Waals surface area contributed by atoms with Crippen LogP contribution in [0.2, 0.25) is 0 Å². The van der Waals surface area contributed by atoms with Crippen molar-refractivity contribution < 1.29 is 14.0 Å². The van der Waals surface area contributed by atoms with Gasteiger partial charge in [-0.2, -0.15) is 4.98 Å². The first kappa shape index (κ1) is 16.4. The van der Waals surface area contributed by atoms with Gasteiger partial charge in [0.05, 0.1) is 26.3 Å². The molecule has 1 aliphatic heterocycles. The Morgan fingerprint density at radius 1 is 1.15 bits per heavy atom. The molecule has 1 aromatic heterocycles. The molecule has 0 saturated carbocycles. The molecule has 2 aromatic carbocycles. The maximum atomic E-state index is 5.51. The zero-order chi connectivity index (χ0) is 18.1. The van der Waals surface area contributed by atoms with E-state index in [1.165, 1.54) is 11.3 Å². The molecule has 0 fully saturated rings. The van der Waals surface area contributed by atoms with Gasteiger partial charge in [0.25, 0.3) is 0 Å². The zero-order valence-electron chi connectivity index (χ0n) is 15.1. The molecule has 1 aliphatic rings. The summed E-state index contributed by atoms with van der Waals surface area (Å²) in [6.45, 7) is 2.80. The van der Waals surface area contributed by atoms with E-state index >= 15 is 0 Å². The number of para-hydroxylation sites is 1. The third-order valence-corrected chi connectivity index (χ3v) is 4.77. The van der Waals surface area contributed by atoms with Gasteiger partial charge in [-0.3, -0.25) is 0 Å². The van der Waals surface area contributed by atoms with Gasteiger partial charge in [0.1, 0.15) is 11.5 Å². The van der Waals surface area contributed by atoms with Gasteiger partial charge in [-0.1, -0.05) is 23.4 Å². The van der Waals surface area contributed by atoms with E-state index in [9.17, 15) is 0 Å². The standard InChI is InChI=1S/C20H21N3O3/c1-13-10-14-6-4-5-7-17(14)23(13)12-19-21-20(22-26-19)16-9-8-15(24-2)11-18(16)25-3/h4-9,11,13H,10,12H2,1-3H3. The van der Waals surface area contributed by atoms with Crippen LogP contribution in [0.4, 0.5) is 5.69 Å². The summed E-state index contributed by atoms with van der Waals surface area (Å²) in [6.07, 6.45) is 1.03. The second-order valence-electron chi connectivity index (χ2n) is 6.39. The summed E-state index contributed by atoms with van der Waals surface area (Å²) in [4.78, 5) is 6.88. The number of rotatable bonds is 5. The van der Waals surface area contributed by atoms with E-state index in [4.69, 9.17) is 14.0 Å². The Morgan fingerprint density at radius 2 is 2.00 bits per heavy atom. The normalized spacial score (nSPS) is 15.8. The Hall–Kier alpha value is -3.02. The van der Waals surface area contributed by atoms with E-state index in [1.54, 1.807) is 14.2 Å². The van der Waals surface area contributed by atoms with Gasteiger partial charge in [-0.05, 0) is 37.1 Å². The van der Waals surface area contributed by atoms with Crippen molar-refractivity contribution in [3.05, 3.63) is 53.9 Å². The van der Waals surface area contributed by atoms with Crippen molar-refractivity contribution in [2.75, 3.05) is 19.1 Å². The molecule has 4 rings (SSSR count). The Morgan fingerprint density at radius 3 is 2.81 bits per heavy atom. The summed E-state index contributed by atoms with van der Waals surface area (Å²) < 4.78 is 16.2. The Kier molecular flexibility index (Phi) is 4.24. The van der Waals surface area contributed by atoms with Crippen LogP contribution in [0, 0.1) is 0 Å². The fourth-order valence-corrected chi connectivity index (χ4v) is 3.43. The quantitative estimate of drug-likeness (QED) is 0.698. The summed E-state index contributed by atoms with van der Waals surface area (Å²) in [5.74, 6) is 2.47. The molecule has 0 saturated heterocycles. The van der Waals surface area contributed by atoms with Crippen molar-refractivity contribution in [2.45, 2.75) is 25.9 Å². The maximum Gasteiger partial charge on any atom is 0.246 e. The predicted octanol–water partition coefficient (Wildman–Crippen LogP) is 3.71. The van der Waals surface area contributed by atoms with E-state index < -0.39 is 0 Å². The van der Waals surface area contributed by atoms with Crippen LogP contribution in [0.1, 0.15) is 18.4 Å². The molecule has 0 radical (unpaired) electrons. The van der Waals surface area contributed by atoms with Gasteiger partial charge in [-0.25, -0.2) is 0 Å². The van der Waals surface area contributed by atoms with Gasteiger partial charge in [0.2, 0.25) is 11.7 Å². The first-order valence-electron chi connectivity index (χ1n) is 8.59. The fourth-order valence-electron chi connectivity index (χ4n) is 3.43. The van der Waals surface area contributed by atoms with Gasteiger partial charge in [-0.15, -0.1) is 0 Å². The van der Waals surface area contributed by atoms with Gasteiger partial charge >= 0.3 is 0 Å². The highest BCUT2D eigenvalue weighted by Gasteiger charge is 2.27.